The Morgan fingerprint density at radius 1 is 1.31 bits per heavy atom. The molecule has 0 unspecified atom stereocenters. The molecule has 0 fully saturated rings. The average molecular weight is 353 g/mol. The Labute approximate surface area is 155 Å². The number of hydrogen-bond donors (Lipinski definition) is 1. The van der Waals surface area contributed by atoms with E-state index >= 15 is 0 Å². The molecular weight excluding hydrogens is 326 g/mol. The van der Waals surface area contributed by atoms with Gasteiger partial charge in [-0.2, -0.15) is 0 Å². The van der Waals surface area contributed by atoms with Crippen LogP contribution in [0.15, 0.2) is 48.8 Å². The van der Waals surface area contributed by atoms with Crippen LogP contribution in [0.1, 0.15) is 43.4 Å². The van der Waals surface area contributed by atoms with Crippen LogP contribution in [-0.4, -0.2) is 35.5 Å². The highest BCUT2D eigenvalue weighted by atomic mass is 16.5. The molecule has 1 aliphatic heterocycles. The van der Waals surface area contributed by atoms with Crippen LogP contribution in [0.25, 0.3) is 0 Å². The lowest BCUT2D eigenvalue weighted by atomic mass is 10.0. The maximum Gasteiger partial charge on any atom is 0.234 e. The lowest BCUT2D eigenvalue weighted by Crippen LogP contribution is -2.39. The van der Waals surface area contributed by atoms with Crippen LogP contribution in [0.5, 0.6) is 5.75 Å². The number of nitrogens with zero attached hydrogens (tertiary/aromatic N) is 2. The molecule has 5 nitrogen and oxygen atoms in total. The highest BCUT2D eigenvalue weighted by Crippen LogP contribution is 2.22. The lowest BCUT2D eigenvalue weighted by molar-refractivity contribution is -0.123. The first-order valence-electron chi connectivity index (χ1n) is 9.38. The summed E-state index contributed by atoms with van der Waals surface area (Å²) >= 11 is 0. The van der Waals surface area contributed by atoms with E-state index in [9.17, 15) is 4.79 Å². The predicted molar refractivity (Wildman–Crippen MR) is 102 cm³/mol. The molecule has 1 atom stereocenters. The van der Waals surface area contributed by atoms with Crippen LogP contribution < -0.4 is 10.1 Å². The highest BCUT2D eigenvalue weighted by molar-refractivity contribution is 5.78. The number of benzene rings is 1. The Morgan fingerprint density at radius 3 is 3.00 bits per heavy atom. The summed E-state index contributed by atoms with van der Waals surface area (Å²) in [6.45, 7) is 4.62. The summed E-state index contributed by atoms with van der Waals surface area (Å²) in [6, 6.07) is 12.0. The number of pyridine rings is 1. The second-order valence-corrected chi connectivity index (χ2v) is 6.72. The number of fused-ring (bicyclic) bond motifs is 1. The van der Waals surface area contributed by atoms with Crippen molar-refractivity contribution in [1.29, 1.82) is 0 Å². The van der Waals surface area contributed by atoms with Gasteiger partial charge in [-0.15, -0.1) is 0 Å². The van der Waals surface area contributed by atoms with Gasteiger partial charge in [0.05, 0.1) is 12.6 Å². The minimum Gasteiger partial charge on any atom is -0.492 e. The van der Waals surface area contributed by atoms with Gasteiger partial charge in [-0.05, 0) is 24.1 Å². The van der Waals surface area contributed by atoms with Crippen molar-refractivity contribution in [3.63, 3.8) is 0 Å². The van der Waals surface area contributed by atoms with E-state index in [1.807, 2.05) is 36.5 Å². The van der Waals surface area contributed by atoms with Crippen molar-refractivity contribution in [2.24, 2.45) is 0 Å². The number of amides is 1. The van der Waals surface area contributed by atoms with Crippen LogP contribution >= 0.6 is 0 Å². The molecule has 2 aromatic rings. The van der Waals surface area contributed by atoms with E-state index < -0.39 is 0 Å². The Hall–Kier alpha value is -2.40. The van der Waals surface area contributed by atoms with E-state index in [-0.39, 0.29) is 11.9 Å². The van der Waals surface area contributed by atoms with E-state index in [1.165, 1.54) is 0 Å². The van der Waals surface area contributed by atoms with E-state index in [0.717, 1.165) is 49.2 Å². The maximum atomic E-state index is 12.7. The predicted octanol–water partition coefficient (Wildman–Crippen LogP) is 3.32. The summed E-state index contributed by atoms with van der Waals surface area (Å²) in [5.74, 6) is 0.973. The van der Waals surface area contributed by atoms with E-state index in [1.54, 1.807) is 6.20 Å². The SMILES string of the molecule is CCCC[C@H](NC(=O)CN1CCOc2ccccc2C1)c1cccnc1. The second kappa shape index (κ2) is 9.34. The molecule has 0 aliphatic carbocycles. The Morgan fingerprint density at radius 2 is 2.19 bits per heavy atom. The first-order valence-corrected chi connectivity index (χ1v) is 9.38. The smallest absolute Gasteiger partial charge is 0.234 e. The fraction of sp³-hybridized carbons (Fsp3) is 0.429. The standard InChI is InChI=1S/C21H27N3O2/c1-2-3-9-19(17-8-6-11-22-14-17)23-21(25)16-24-12-13-26-20-10-5-4-7-18(20)15-24/h4-8,10-11,14,19H,2-3,9,12-13,15-16H2,1H3,(H,23,25)/t19-/m0/s1. The summed E-state index contributed by atoms with van der Waals surface area (Å²) in [6.07, 6.45) is 6.71. The first-order chi connectivity index (χ1) is 12.8. The highest BCUT2D eigenvalue weighted by Gasteiger charge is 2.20. The van der Waals surface area contributed by atoms with Gasteiger partial charge in [0.15, 0.2) is 0 Å². The molecular formula is C21H27N3O2. The molecule has 0 spiro atoms. The molecule has 5 heteroatoms. The lowest BCUT2D eigenvalue weighted by Gasteiger charge is -2.23. The van der Waals surface area contributed by atoms with Crippen molar-refractivity contribution in [3.8, 4) is 5.75 Å². The normalized spacial score (nSPS) is 15.4. The second-order valence-electron chi connectivity index (χ2n) is 6.72. The minimum atomic E-state index is 0.0201. The van der Waals surface area contributed by atoms with Crippen LogP contribution in [0.2, 0.25) is 0 Å². The number of nitrogens with one attached hydrogen (secondary N) is 1. The summed E-state index contributed by atoms with van der Waals surface area (Å²) in [5, 5.41) is 3.20. The largest absolute Gasteiger partial charge is 0.492 e. The molecule has 3 rings (SSSR count). The number of rotatable bonds is 7. The Kier molecular flexibility index (Phi) is 6.61. The molecule has 1 N–H and O–H groups in total. The third-order valence-corrected chi connectivity index (χ3v) is 4.67. The van der Waals surface area contributed by atoms with Gasteiger partial charge in [-0.1, -0.05) is 44.0 Å². The molecule has 26 heavy (non-hydrogen) atoms. The molecule has 1 aromatic heterocycles. The van der Waals surface area contributed by atoms with E-state index in [0.29, 0.717) is 13.2 Å². The molecule has 2 heterocycles. The zero-order chi connectivity index (χ0) is 18.2. The Balaban J connectivity index is 1.61. The maximum absolute atomic E-state index is 12.7. The molecule has 1 aromatic carbocycles. The summed E-state index contributed by atoms with van der Waals surface area (Å²) in [4.78, 5) is 19.0. The van der Waals surface area contributed by atoms with Gasteiger partial charge in [0, 0.05) is 31.0 Å². The van der Waals surface area contributed by atoms with Crippen molar-refractivity contribution in [3.05, 3.63) is 59.9 Å². The third-order valence-electron chi connectivity index (χ3n) is 4.67. The fourth-order valence-electron chi connectivity index (χ4n) is 3.27. The zero-order valence-electron chi connectivity index (χ0n) is 15.4. The molecule has 0 radical (unpaired) electrons. The summed E-state index contributed by atoms with van der Waals surface area (Å²) in [5.41, 5.74) is 2.20. The number of hydrogen-bond acceptors (Lipinski definition) is 4. The van der Waals surface area contributed by atoms with Gasteiger partial charge in [0.1, 0.15) is 12.4 Å². The monoisotopic (exact) mass is 353 g/mol. The quantitative estimate of drug-likeness (QED) is 0.830. The molecule has 138 valence electrons. The number of unbranched alkanes of at least 4 members (excludes halogenated alkanes) is 1. The van der Waals surface area contributed by atoms with Crippen molar-refractivity contribution < 1.29 is 9.53 Å². The van der Waals surface area contributed by atoms with Crippen molar-refractivity contribution in [2.45, 2.75) is 38.8 Å². The molecule has 0 bridgehead atoms. The van der Waals surface area contributed by atoms with Gasteiger partial charge in [-0.25, -0.2) is 0 Å². The minimum absolute atomic E-state index is 0.0201. The van der Waals surface area contributed by atoms with Crippen molar-refractivity contribution in [2.75, 3.05) is 19.7 Å². The third kappa shape index (κ3) is 5.05. The van der Waals surface area contributed by atoms with Crippen LogP contribution in [0.4, 0.5) is 0 Å². The fourth-order valence-corrected chi connectivity index (χ4v) is 3.27. The number of ether oxygens (including phenoxy) is 1. The zero-order valence-corrected chi connectivity index (χ0v) is 15.4. The van der Waals surface area contributed by atoms with Crippen molar-refractivity contribution in [1.82, 2.24) is 15.2 Å². The summed E-state index contributed by atoms with van der Waals surface area (Å²) < 4.78 is 5.78. The van der Waals surface area contributed by atoms with E-state index in [4.69, 9.17) is 4.74 Å². The molecule has 0 saturated carbocycles. The van der Waals surface area contributed by atoms with Gasteiger partial charge in [-0.3, -0.25) is 14.7 Å². The van der Waals surface area contributed by atoms with Crippen molar-refractivity contribution >= 4 is 5.91 Å². The number of aromatic nitrogens is 1. The first kappa shape index (κ1) is 18.4. The topological polar surface area (TPSA) is 54.5 Å². The molecule has 1 amide bonds. The van der Waals surface area contributed by atoms with Gasteiger partial charge in [0.25, 0.3) is 0 Å². The molecule has 0 saturated heterocycles. The van der Waals surface area contributed by atoms with Crippen LogP contribution in [0.3, 0.4) is 0 Å². The van der Waals surface area contributed by atoms with Gasteiger partial charge >= 0.3 is 0 Å². The number of carbonyl (C=O) groups is 1. The Bertz CT molecular complexity index is 705. The number of para-hydroxylation sites is 1. The van der Waals surface area contributed by atoms with Gasteiger partial charge in [0.2, 0.25) is 5.91 Å². The average Bonchev–Trinajstić information content (AvgIpc) is 2.87. The van der Waals surface area contributed by atoms with Gasteiger partial charge < -0.3 is 10.1 Å². The number of carbonyl (C=O) groups excluding carboxylic acids is 1. The summed E-state index contributed by atoms with van der Waals surface area (Å²) in [7, 11) is 0. The van der Waals surface area contributed by atoms with Crippen LogP contribution in [0, 0.1) is 0 Å². The van der Waals surface area contributed by atoms with Crippen LogP contribution in [-0.2, 0) is 11.3 Å². The van der Waals surface area contributed by atoms with E-state index in [2.05, 4.69) is 28.2 Å². The molecule has 1 aliphatic rings.